The van der Waals surface area contributed by atoms with Crippen LogP contribution < -0.4 is 0 Å². The molecule has 1 unspecified atom stereocenters. The molecule has 1 aromatic heterocycles. The van der Waals surface area contributed by atoms with Gasteiger partial charge in [-0.15, -0.1) is 11.6 Å². The van der Waals surface area contributed by atoms with Gasteiger partial charge in [0.25, 0.3) is 0 Å². The van der Waals surface area contributed by atoms with Crippen LogP contribution in [0.5, 0.6) is 0 Å². The second-order valence-corrected chi connectivity index (χ2v) is 6.02. The summed E-state index contributed by atoms with van der Waals surface area (Å²) in [4.78, 5) is 16.0. The van der Waals surface area contributed by atoms with Crippen molar-refractivity contribution < 1.29 is 9.53 Å². The molecule has 0 fully saturated rings. The average molecular weight is 350 g/mol. The molecule has 0 aliphatic carbocycles. The first-order chi connectivity index (χ1) is 9.93. The van der Waals surface area contributed by atoms with Gasteiger partial charge in [-0.05, 0) is 26.0 Å². The Morgan fingerprint density at radius 2 is 2.05 bits per heavy atom. The SMILES string of the molecule is CCOC(=O)CCn1c(C(C)Cl)nc2cc(Cl)c(Cl)cc21. The van der Waals surface area contributed by atoms with Gasteiger partial charge in [0.15, 0.2) is 0 Å². The number of nitrogens with zero attached hydrogens (tertiary/aromatic N) is 2. The van der Waals surface area contributed by atoms with E-state index in [9.17, 15) is 4.79 Å². The molecule has 0 N–H and O–H groups in total. The van der Waals surface area contributed by atoms with Gasteiger partial charge in [-0.25, -0.2) is 4.98 Å². The molecule has 0 aliphatic heterocycles. The third kappa shape index (κ3) is 3.62. The minimum atomic E-state index is -0.294. The van der Waals surface area contributed by atoms with Crippen molar-refractivity contribution >= 4 is 51.8 Å². The standard InChI is InChI=1S/C14H15Cl3N2O2/c1-3-21-13(20)4-5-19-12-7-10(17)9(16)6-11(12)18-14(19)8(2)15/h6-8H,3-5H2,1-2H3. The summed E-state index contributed by atoms with van der Waals surface area (Å²) >= 11 is 18.2. The van der Waals surface area contributed by atoms with E-state index in [4.69, 9.17) is 39.5 Å². The fraction of sp³-hybridized carbons (Fsp3) is 0.429. The maximum Gasteiger partial charge on any atom is 0.307 e. The fourth-order valence-electron chi connectivity index (χ4n) is 2.11. The normalized spacial score (nSPS) is 12.6. The van der Waals surface area contributed by atoms with Gasteiger partial charge in [-0.3, -0.25) is 4.79 Å². The quantitative estimate of drug-likeness (QED) is 0.585. The Balaban J connectivity index is 2.41. The van der Waals surface area contributed by atoms with Crippen LogP contribution in [0.4, 0.5) is 0 Å². The van der Waals surface area contributed by atoms with Crippen molar-refractivity contribution in [2.75, 3.05) is 6.61 Å². The second-order valence-electron chi connectivity index (χ2n) is 4.55. The van der Waals surface area contributed by atoms with E-state index >= 15 is 0 Å². The summed E-state index contributed by atoms with van der Waals surface area (Å²) in [6, 6.07) is 3.43. The number of aryl methyl sites for hydroxylation is 1. The van der Waals surface area contributed by atoms with Crippen molar-refractivity contribution in [3.8, 4) is 0 Å². The fourth-order valence-corrected chi connectivity index (χ4v) is 2.60. The summed E-state index contributed by atoms with van der Waals surface area (Å²) in [5.74, 6) is 0.418. The molecule has 0 bridgehead atoms. The van der Waals surface area contributed by atoms with Crippen LogP contribution in [-0.2, 0) is 16.1 Å². The molecule has 0 aliphatic rings. The lowest BCUT2D eigenvalue weighted by Crippen LogP contribution is -2.11. The zero-order valence-corrected chi connectivity index (χ0v) is 14.0. The third-order valence-electron chi connectivity index (χ3n) is 3.02. The van der Waals surface area contributed by atoms with Crippen molar-refractivity contribution in [2.45, 2.75) is 32.2 Å². The van der Waals surface area contributed by atoms with E-state index < -0.39 is 0 Å². The number of benzene rings is 1. The number of esters is 1. The van der Waals surface area contributed by atoms with Crippen LogP contribution in [0.1, 0.15) is 31.5 Å². The maximum atomic E-state index is 11.5. The summed E-state index contributed by atoms with van der Waals surface area (Å²) in [6.07, 6.45) is 0.246. The summed E-state index contributed by atoms with van der Waals surface area (Å²) < 4.78 is 6.82. The van der Waals surface area contributed by atoms with Crippen LogP contribution in [0.3, 0.4) is 0 Å². The number of imidazole rings is 1. The number of carbonyl (C=O) groups is 1. The molecule has 1 heterocycles. The molecule has 0 saturated heterocycles. The molecule has 1 atom stereocenters. The highest BCUT2D eigenvalue weighted by atomic mass is 35.5. The van der Waals surface area contributed by atoms with E-state index in [-0.39, 0.29) is 17.8 Å². The number of hydrogen-bond acceptors (Lipinski definition) is 3. The van der Waals surface area contributed by atoms with Gasteiger partial charge in [0.05, 0.1) is 39.5 Å². The molecule has 21 heavy (non-hydrogen) atoms. The van der Waals surface area contributed by atoms with Gasteiger partial charge >= 0.3 is 5.97 Å². The third-order valence-corrected chi connectivity index (χ3v) is 3.94. The molecule has 2 rings (SSSR count). The number of hydrogen-bond donors (Lipinski definition) is 0. The first-order valence-corrected chi connectivity index (χ1v) is 7.78. The summed E-state index contributed by atoms with van der Waals surface area (Å²) in [5, 5.41) is 0.584. The number of carbonyl (C=O) groups excluding carboxylic acids is 1. The number of ether oxygens (including phenoxy) is 1. The molecule has 0 spiro atoms. The van der Waals surface area contributed by atoms with Gasteiger partial charge in [-0.1, -0.05) is 23.2 Å². The van der Waals surface area contributed by atoms with Crippen molar-refractivity contribution in [3.63, 3.8) is 0 Å². The van der Waals surface area contributed by atoms with Crippen LogP contribution in [0.2, 0.25) is 10.0 Å². The molecule has 114 valence electrons. The minimum Gasteiger partial charge on any atom is -0.466 e. The first kappa shape index (κ1) is 16.4. The lowest BCUT2D eigenvalue weighted by Gasteiger charge is -2.10. The van der Waals surface area contributed by atoms with E-state index in [1.807, 2.05) is 11.5 Å². The molecule has 7 heteroatoms. The van der Waals surface area contributed by atoms with Gasteiger partial charge in [0, 0.05) is 6.54 Å². The smallest absolute Gasteiger partial charge is 0.307 e. The van der Waals surface area contributed by atoms with E-state index in [0.29, 0.717) is 34.5 Å². The van der Waals surface area contributed by atoms with Gasteiger partial charge < -0.3 is 9.30 Å². The van der Waals surface area contributed by atoms with Crippen molar-refractivity contribution in [1.29, 1.82) is 0 Å². The van der Waals surface area contributed by atoms with Crippen LogP contribution in [-0.4, -0.2) is 22.1 Å². The highest BCUT2D eigenvalue weighted by Gasteiger charge is 2.17. The topological polar surface area (TPSA) is 44.1 Å². The molecule has 0 amide bonds. The number of fused-ring (bicyclic) bond motifs is 1. The highest BCUT2D eigenvalue weighted by Crippen LogP contribution is 2.31. The largest absolute Gasteiger partial charge is 0.466 e. The van der Waals surface area contributed by atoms with E-state index in [1.165, 1.54) is 0 Å². The molecular weight excluding hydrogens is 335 g/mol. The molecular formula is C14H15Cl3N2O2. The maximum absolute atomic E-state index is 11.5. The Labute approximate surface area is 137 Å². The van der Waals surface area contributed by atoms with Crippen LogP contribution in [0.15, 0.2) is 12.1 Å². The summed E-state index contributed by atoms with van der Waals surface area (Å²) in [7, 11) is 0. The van der Waals surface area contributed by atoms with Crippen LogP contribution >= 0.6 is 34.8 Å². The first-order valence-electron chi connectivity index (χ1n) is 6.59. The Hall–Kier alpha value is -0.970. The molecule has 0 saturated carbocycles. The monoisotopic (exact) mass is 348 g/mol. The van der Waals surface area contributed by atoms with Crippen molar-refractivity contribution in [3.05, 3.63) is 28.0 Å². The predicted octanol–water partition coefficient (Wildman–Crippen LogP) is 4.60. The second kappa shape index (κ2) is 6.86. The molecule has 2 aromatic rings. The minimum absolute atomic E-state index is 0.246. The van der Waals surface area contributed by atoms with E-state index in [0.717, 1.165) is 5.52 Å². The Kier molecular flexibility index (Phi) is 5.36. The molecule has 4 nitrogen and oxygen atoms in total. The van der Waals surface area contributed by atoms with Crippen LogP contribution in [0, 0.1) is 0 Å². The lowest BCUT2D eigenvalue weighted by molar-refractivity contribution is -0.143. The van der Waals surface area contributed by atoms with Crippen molar-refractivity contribution in [2.24, 2.45) is 0 Å². The Bertz CT molecular complexity index is 668. The van der Waals surface area contributed by atoms with Crippen LogP contribution in [0.25, 0.3) is 11.0 Å². The van der Waals surface area contributed by atoms with E-state index in [1.54, 1.807) is 19.1 Å². The van der Waals surface area contributed by atoms with Gasteiger partial charge in [0.2, 0.25) is 0 Å². The van der Waals surface area contributed by atoms with E-state index in [2.05, 4.69) is 4.98 Å². The highest BCUT2D eigenvalue weighted by molar-refractivity contribution is 6.42. The zero-order chi connectivity index (χ0) is 15.6. The summed E-state index contributed by atoms with van der Waals surface area (Å²) in [5.41, 5.74) is 1.51. The molecule has 0 radical (unpaired) electrons. The van der Waals surface area contributed by atoms with Gasteiger partial charge in [0.1, 0.15) is 5.82 Å². The average Bonchev–Trinajstić information content (AvgIpc) is 2.75. The van der Waals surface area contributed by atoms with Crippen molar-refractivity contribution in [1.82, 2.24) is 9.55 Å². The number of rotatable bonds is 5. The zero-order valence-electron chi connectivity index (χ0n) is 11.7. The van der Waals surface area contributed by atoms with Gasteiger partial charge in [-0.2, -0.15) is 0 Å². The summed E-state index contributed by atoms with van der Waals surface area (Å²) in [6.45, 7) is 4.40. The predicted molar refractivity (Wildman–Crippen MR) is 85.3 cm³/mol. The number of halogens is 3. The Morgan fingerprint density at radius 3 is 2.67 bits per heavy atom. The molecule has 1 aromatic carbocycles. The Morgan fingerprint density at radius 1 is 1.38 bits per heavy atom. The number of aromatic nitrogens is 2. The lowest BCUT2D eigenvalue weighted by atomic mass is 10.3. The number of alkyl halides is 1.